The number of allylic oxidation sites excluding steroid dienone is 2. The van der Waals surface area contributed by atoms with Crippen LogP contribution in [-0.4, -0.2) is 24.0 Å². The fourth-order valence-electron chi connectivity index (χ4n) is 4.89. The first-order valence-corrected chi connectivity index (χ1v) is 9.64. The van der Waals surface area contributed by atoms with E-state index >= 15 is 0 Å². The topological polar surface area (TPSA) is 45.6 Å². The summed E-state index contributed by atoms with van der Waals surface area (Å²) in [6.45, 7) is 2.65. The fraction of sp³-hybridized carbons (Fsp3) is 0.500. The second-order valence-electron chi connectivity index (χ2n) is 7.25. The lowest BCUT2D eigenvalue weighted by Crippen LogP contribution is -2.45. The minimum absolute atomic E-state index is 0.495. The average molecular weight is 356 g/mol. The van der Waals surface area contributed by atoms with Crippen molar-refractivity contribution in [1.29, 1.82) is 0 Å². The molecule has 5 heteroatoms. The molecule has 1 aromatic carbocycles. The van der Waals surface area contributed by atoms with Gasteiger partial charge in [0.25, 0.3) is 0 Å². The molecule has 0 spiro atoms. The highest BCUT2D eigenvalue weighted by atomic mass is 32.1. The Bertz CT molecular complexity index is 685. The Balaban J connectivity index is 1.26. The Labute approximate surface area is 154 Å². The summed E-state index contributed by atoms with van der Waals surface area (Å²) in [7, 11) is 0. The van der Waals surface area contributed by atoms with Gasteiger partial charge in [-0.05, 0) is 91.9 Å². The van der Waals surface area contributed by atoms with E-state index in [0.29, 0.717) is 17.8 Å². The third kappa shape index (κ3) is 3.43. The maximum Gasteiger partial charge on any atom is 0.187 e. The number of rotatable bonds is 5. The highest BCUT2D eigenvalue weighted by molar-refractivity contribution is 7.80. The second-order valence-corrected chi connectivity index (χ2v) is 7.66. The largest absolute Gasteiger partial charge is 0.494 e. The van der Waals surface area contributed by atoms with Crippen molar-refractivity contribution in [3.8, 4) is 5.75 Å². The minimum Gasteiger partial charge on any atom is -0.494 e. The SMILES string of the molecule is CCOc1ccc(/C=N\NC(=S)N[C@@H]2C[C@H]3C[C@@H]2[C@@H]2C=CC[C@H]32)cc1. The maximum absolute atomic E-state index is 5.44. The molecule has 0 aliphatic heterocycles. The molecule has 3 aliphatic carbocycles. The smallest absolute Gasteiger partial charge is 0.187 e. The van der Waals surface area contributed by atoms with Crippen LogP contribution >= 0.6 is 12.2 Å². The van der Waals surface area contributed by atoms with Gasteiger partial charge in [0, 0.05) is 6.04 Å². The van der Waals surface area contributed by atoms with Gasteiger partial charge in [0.05, 0.1) is 12.8 Å². The second kappa shape index (κ2) is 7.16. The number of hydrogen-bond donors (Lipinski definition) is 2. The lowest BCUT2D eigenvalue weighted by molar-refractivity contribution is 0.246. The van der Waals surface area contributed by atoms with Crippen LogP contribution in [0.15, 0.2) is 41.5 Å². The van der Waals surface area contributed by atoms with Gasteiger partial charge in [-0.25, -0.2) is 0 Å². The number of benzene rings is 1. The molecule has 25 heavy (non-hydrogen) atoms. The maximum atomic E-state index is 5.44. The monoisotopic (exact) mass is 355 g/mol. The molecule has 3 aliphatic rings. The summed E-state index contributed by atoms with van der Waals surface area (Å²) in [6.07, 6.45) is 10.5. The number of ether oxygens (including phenoxy) is 1. The molecule has 2 fully saturated rings. The van der Waals surface area contributed by atoms with Gasteiger partial charge in [0.1, 0.15) is 5.75 Å². The Morgan fingerprint density at radius 2 is 2.12 bits per heavy atom. The standard InChI is InChI=1S/C20H25N3OS/c1-2-24-15-8-6-13(7-9-15)12-21-23-20(25)22-19-11-14-10-18(19)17-5-3-4-16(14)17/h3,5-9,12,14,16-19H,2,4,10-11H2,1H3,(H2,22,23,25)/b21-12-/t14-,16-,17-,18-,19-/m1/s1. The van der Waals surface area contributed by atoms with Crippen LogP contribution in [-0.2, 0) is 0 Å². The van der Waals surface area contributed by atoms with Gasteiger partial charge in [-0.15, -0.1) is 0 Å². The molecular formula is C20H25N3OS. The fourth-order valence-corrected chi connectivity index (χ4v) is 5.10. The first-order valence-electron chi connectivity index (χ1n) is 9.23. The van der Waals surface area contributed by atoms with Crippen LogP contribution in [0, 0.1) is 23.7 Å². The molecule has 5 atom stereocenters. The molecule has 0 heterocycles. The van der Waals surface area contributed by atoms with E-state index in [-0.39, 0.29) is 0 Å². The van der Waals surface area contributed by atoms with Crippen LogP contribution in [0.2, 0.25) is 0 Å². The van der Waals surface area contributed by atoms with E-state index in [9.17, 15) is 0 Å². The van der Waals surface area contributed by atoms with Crippen molar-refractivity contribution in [3.05, 3.63) is 42.0 Å². The quantitative estimate of drug-likeness (QED) is 0.367. The predicted octanol–water partition coefficient (Wildman–Crippen LogP) is 3.48. The Hall–Kier alpha value is -1.88. The number of nitrogens with one attached hydrogen (secondary N) is 2. The number of hydrogen-bond acceptors (Lipinski definition) is 3. The Kier molecular flexibility index (Phi) is 4.75. The first kappa shape index (κ1) is 16.6. The summed E-state index contributed by atoms with van der Waals surface area (Å²) in [6, 6.07) is 8.35. The van der Waals surface area contributed by atoms with Crippen molar-refractivity contribution in [1.82, 2.24) is 10.7 Å². The van der Waals surface area contributed by atoms with Gasteiger partial charge in [-0.1, -0.05) is 12.2 Å². The zero-order valence-electron chi connectivity index (χ0n) is 14.5. The van der Waals surface area contributed by atoms with E-state index in [1.165, 1.54) is 19.3 Å². The van der Waals surface area contributed by atoms with Crippen molar-refractivity contribution in [2.24, 2.45) is 28.8 Å². The van der Waals surface area contributed by atoms with E-state index in [2.05, 4.69) is 28.0 Å². The number of nitrogens with zero attached hydrogens (tertiary/aromatic N) is 1. The van der Waals surface area contributed by atoms with Gasteiger partial charge < -0.3 is 10.1 Å². The molecule has 132 valence electrons. The molecule has 0 saturated heterocycles. The third-order valence-corrected chi connectivity index (χ3v) is 6.11. The van der Waals surface area contributed by atoms with E-state index in [1.54, 1.807) is 6.21 Å². The van der Waals surface area contributed by atoms with Crippen LogP contribution in [0.1, 0.15) is 31.7 Å². The predicted molar refractivity (Wildman–Crippen MR) is 105 cm³/mol. The zero-order valence-corrected chi connectivity index (χ0v) is 15.3. The third-order valence-electron chi connectivity index (χ3n) is 5.90. The van der Waals surface area contributed by atoms with Gasteiger partial charge in [-0.3, -0.25) is 5.43 Å². The summed E-state index contributed by atoms with van der Waals surface area (Å²) < 4.78 is 5.44. The van der Waals surface area contributed by atoms with Crippen molar-refractivity contribution < 1.29 is 4.74 Å². The van der Waals surface area contributed by atoms with Crippen molar-refractivity contribution in [2.45, 2.75) is 32.2 Å². The van der Waals surface area contributed by atoms with Crippen LogP contribution < -0.4 is 15.5 Å². The summed E-state index contributed by atoms with van der Waals surface area (Å²) in [5.41, 5.74) is 3.97. The summed E-state index contributed by atoms with van der Waals surface area (Å²) >= 11 is 5.42. The lowest BCUT2D eigenvalue weighted by atomic mass is 9.79. The molecule has 2 saturated carbocycles. The van der Waals surface area contributed by atoms with Gasteiger partial charge in [0.2, 0.25) is 0 Å². The summed E-state index contributed by atoms with van der Waals surface area (Å²) in [4.78, 5) is 0. The van der Waals surface area contributed by atoms with Gasteiger partial charge in [-0.2, -0.15) is 5.10 Å². The molecule has 0 unspecified atom stereocenters. The highest BCUT2D eigenvalue weighted by Gasteiger charge is 2.52. The van der Waals surface area contributed by atoms with Crippen LogP contribution in [0.5, 0.6) is 5.75 Å². The van der Waals surface area contributed by atoms with Crippen LogP contribution in [0.3, 0.4) is 0 Å². The molecule has 2 N–H and O–H groups in total. The molecule has 0 amide bonds. The number of thiocarbonyl (C=S) groups is 1. The molecule has 0 aromatic heterocycles. The molecule has 4 nitrogen and oxygen atoms in total. The van der Waals surface area contributed by atoms with Gasteiger partial charge >= 0.3 is 0 Å². The molecule has 2 bridgehead atoms. The van der Waals surface area contributed by atoms with Crippen LogP contribution in [0.4, 0.5) is 0 Å². The Morgan fingerprint density at radius 3 is 2.92 bits per heavy atom. The van der Waals surface area contributed by atoms with Crippen molar-refractivity contribution >= 4 is 23.5 Å². The minimum atomic E-state index is 0.495. The lowest BCUT2D eigenvalue weighted by Gasteiger charge is -2.32. The Morgan fingerprint density at radius 1 is 1.28 bits per heavy atom. The van der Waals surface area contributed by atoms with E-state index in [4.69, 9.17) is 17.0 Å². The van der Waals surface area contributed by atoms with E-state index < -0.39 is 0 Å². The number of hydrazone groups is 1. The first-order chi connectivity index (χ1) is 12.2. The number of fused-ring (bicyclic) bond motifs is 5. The van der Waals surface area contributed by atoms with E-state index in [1.807, 2.05) is 31.2 Å². The molecule has 4 rings (SSSR count). The average Bonchev–Trinajstić information content (AvgIpc) is 3.29. The highest BCUT2D eigenvalue weighted by Crippen LogP contribution is 2.56. The van der Waals surface area contributed by atoms with Gasteiger partial charge in [0.15, 0.2) is 5.11 Å². The van der Waals surface area contributed by atoms with Crippen molar-refractivity contribution in [2.75, 3.05) is 6.61 Å². The summed E-state index contributed by atoms with van der Waals surface area (Å²) in [5, 5.41) is 8.37. The molecule has 1 aromatic rings. The van der Waals surface area contributed by atoms with E-state index in [0.717, 1.165) is 35.0 Å². The zero-order chi connectivity index (χ0) is 17.2. The molecular weight excluding hydrogens is 330 g/mol. The normalized spacial score (nSPS) is 32.1. The summed E-state index contributed by atoms with van der Waals surface area (Å²) in [5.74, 6) is 4.16. The molecule has 0 radical (unpaired) electrons. The van der Waals surface area contributed by atoms with Crippen LogP contribution in [0.25, 0.3) is 0 Å². The van der Waals surface area contributed by atoms with Crippen molar-refractivity contribution in [3.63, 3.8) is 0 Å².